The summed E-state index contributed by atoms with van der Waals surface area (Å²) in [4.78, 5) is 25.0. The minimum absolute atomic E-state index is 0.214. The quantitative estimate of drug-likeness (QED) is 0.564. The van der Waals surface area contributed by atoms with Crippen molar-refractivity contribution in [3.63, 3.8) is 0 Å². The van der Waals surface area contributed by atoms with Gasteiger partial charge in [-0.1, -0.05) is 6.92 Å². The fourth-order valence-corrected chi connectivity index (χ4v) is 3.05. The van der Waals surface area contributed by atoms with Crippen LogP contribution in [0, 0.1) is 12.8 Å². The van der Waals surface area contributed by atoms with Gasteiger partial charge in [0.15, 0.2) is 5.96 Å². The number of amides is 1. The van der Waals surface area contributed by atoms with E-state index < -0.39 is 5.60 Å². The largest absolute Gasteiger partial charge is 0.444 e. The molecule has 1 aromatic heterocycles. The average Bonchev–Trinajstić information content (AvgIpc) is 2.94. The molecule has 1 heterocycles. The molecule has 0 spiro atoms. The molecule has 0 aliphatic heterocycles. The van der Waals surface area contributed by atoms with Crippen LogP contribution in [0.5, 0.6) is 0 Å². The van der Waals surface area contributed by atoms with Gasteiger partial charge in [-0.3, -0.25) is 4.99 Å². The van der Waals surface area contributed by atoms with Crippen LogP contribution >= 0.6 is 11.3 Å². The highest BCUT2D eigenvalue weighted by atomic mass is 32.1. The number of aryl methyl sites for hydroxylation is 1. The van der Waals surface area contributed by atoms with Gasteiger partial charge in [-0.2, -0.15) is 0 Å². The first kappa shape index (κ1) is 23.2. The van der Waals surface area contributed by atoms with E-state index >= 15 is 0 Å². The second-order valence-electron chi connectivity index (χ2n) is 7.87. The molecule has 8 heteroatoms. The Morgan fingerprint density at radius 2 is 2.04 bits per heavy atom. The van der Waals surface area contributed by atoms with E-state index in [0.29, 0.717) is 19.6 Å². The zero-order chi connectivity index (χ0) is 20.6. The molecule has 0 bridgehead atoms. The van der Waals surface area contributed by atoms with Gasteiger partial charge in [-0.05, 0) is 40.5 Å². The van der Waals surface area contributed by atoms with Crippen molar-refractivity contribution in [1.29, 1.82) is 0 Å². The maximum absolute atomic E-state index is 12.1. The lowest BCUT2D eigenvalue weighted by molar-refractivity contribution is 0.0279. The molecule has 0 aliphatic rings. The molecule has 0 fully saturated rings. The summed E-state index contributed by atoms with van der Waals surface area (Å²) < 4.78 is 5.40. The first-order valence-corrected chi connectivity index (χ1v) is 10.2. The Morgan fingerprint density at radius 3 is 2.56 bits per heavy atom. The van der Waals surface area contributed by atoms with E-state index in [4.69, 9.17) is 9.73 Å². The molecule has 1 N–H and O–H groups in total. The number of carbonyl (C=O) groups is 1. The third-order valence-corrected chi connectivity index (χ3v) is 4.43. The predicted molar refractivity (Wildman–Crippen MR) is 112 cm³/mol. The molecule has 1 atom stereocenters. The number of thiazole rings is 1. The normalized spacial score (nSPS) is 13.3. The van der Waals surface area contributed by atoms with Crippen molar-refractivity contribution in [2.45, 2.75) is 53.7 Å². The van der Waals surface area contributed by atoms with Crippen LogP contribution in [0.1, 0.15) is 45.3 Å². The van der Waals surface area contributed by atoms with E-state index in [2.05, 4.69) is 34.4 Å². The van der Waals surface area contributed by atoms with Crippen molar-refractivity contribution in [3.8, 4) is 0 Å². The number of nitrogens with zero attached hydrogens (tertiary/aromatic N) is 4. The second-order valence-corrected chi connectivity index (χ2v) is 8.94. The molecule has 1 amide bonds. The summed E-state index contributed by atoms with van der Waals surface area (Å²) in [5.74, 6) is 1.06. The number of rotatable bonds is 7. The summed E-state index contributed by atoms with van der Waals surface area (Å²) in [6.45, 7) is 14.5. The highest BCUT2D eigenvalue weighted by Gasteiger charge is 2.20. The summed E-state index contributed by atoms with van der Waals surface area (Å²) in [5.41, 5.74) is 0.560. The van der Waals surface area contributed by atoms with Crippen LogP contribution in [0.25, 0.3) is 0 Å². The van der Waals surface area contributed by atoms with Crippen LogP contribution in [0.2, 0.25) is 0 Å². The van der Waals surface area contributed by atoms with Crippen molar-refractivity contribution in [1.82, 2.24) is 20.1 Å². The Labute approximate surface area is 167 Å². The number of aromatic nitrogens is 1. The lowest BCUT2D eigenvalue weighted by Crippen LogP contribution is -2.40. The number of hydrogen-bond acceptors (Lipinski definition) is 5. The Hall–Kier alpha value is -1.83. The van der Waals surface area contributed by atoms with Gasteiger partial charge in [0.1, 0.15) is 5.60 Å². The average molecular weight is 398 g/mol. The molecule has 1 unspecified atom stereocenters. The zero-order valence-electron chi connectivity index (χ0n) is 18.0. The number of guanidine groups is 1. The predicted octanol–water partition coefficient (Wildman–Crippen LogP) is 3.35. The lowest BCUT2D eigenvalue weighted by atomic mass is 10.2. The fourth-order valence-electron chi connectivity index (χ4n) is 2.45. The number of hydrogen-bond donors (Lipinski definition) is 1. The molecular formula is C19H35N5O2S. The topological polar surface area (TPSA) is 70.1 Å². The first-order chi connectivity index (χ1) is 12.5. The van der Waals surface area contributed by atoms with Crippen molar-refractivity contribution in [2.75, 3.05) is 33.7 Å². The Kier molecular flexibility index (Phi) is 9.02. The summed E-state index contributed by atoms with van der Waals surface area (Å²) in [7, 11) is 3.77. The molecule has 7 nitrogen and oxygen atoms in total. The summed E-state index contributed by atoms with van der Waals surface area (Å²) in [6, 6.07) is 0. The molecule has 0 aliphatic carbocycles. The molecule has 27 heavy (non-hydrogen) atoms. The van der Waals surface area contributed by atoms with Gasteiger partial charge in [-0.15, -0.1) is 11.3 Å². The van der Waals surface area contributed by atoms with Gasteiger partial charge in [0, 0.05) is 39.1 Å². The molecule has 0 saturated heterocycles. The minimum atomic E-state index is -0.484. The molecule has 154 valence electrons. The van der Waals surface area contributed by atoms with Crippen LogP contribution in [0.4, 0.5) is 4.79 Å². The van der Waals surface area contributed by atoms with Gasteiger partial charge >= 0.3 is 6.09 Å². The van der Waals surface area contributed by atoms with Gasteiger partial charge in [0.25, 0.3) is 0 Å². The maximum Gasteiger partial charge on any atom is 0.410 e. The molecule has 1 rings (SSSR count). The third kappa shape index (κ3) is 9.08. The molecule has 0 radical (unpaired) electrons. The Morgan fingerprint density at radius 1 is 1.37 bits per heavy atom. The molecule has 0 saturated carbocycles. The maximum atomic E-state index is 12.1. The number of ether oxygens (including phenoxy) is 1. The molecular weight excluding hydrogens is 362 g/mol. The van der Waals surface area contributed by atoms with Crippen LogP contribution in [0.3, 0.4) is 0 Å². The third-order valence-electron chi connectivity index (χ3n) is 3.61. The number of aliphatic imine (C=N–C) groups is 1. The number of nitrogens with one attached hydrogen (secondary N) is 1. The van der Waals surface area contributed by atoms with Gasteiger partial charge < -0.3 is 19.9 Å². The molecule has 0 aromatic carbocycles. The van der Waals surface area contributed by atoms with Crippen LogP contribution in [-0.2, 0) is 11.3 Å². The summed E-state index contributed by atoms with van der Waals surface area (Å²) in [5, 5.41) is 6.46. The first-order valence-electron chi connectivity index (χ1n) is 9.36. The Balaban J connectivity index is 2.61. The highest BCUT2D eigenvalue weighted by molar-refractivity contribution is 7.09. The highest BCUT2D eigenvalue weighted by Crippen LogP contribution is 2.11. The monoisotopic (exact) mass is 397 g/mol. The SMILES string of the molecule is CCNC(=NCC(C)CN(C)C(=O)OC(C)(C)C)N(C)Cc1csc(C)n1. The van der Waals surface area contributed by atoms with E-state index in [1.165, 1.54) is 0 Å². The molecule has 1 aromatic rings. The Bertz CT molecular complexity index is 624. The van der Waals surface area contributed by atoms with Crippen molar-refractivity contribution in [3.05, 3.63) is 16.1 Å². The second kappa shape index (κ2) is 10.5. The van der Waals surface area contributed by atoms with Gasteiger partial charge in [0.2, 0.25) is 0 Å². The zero-order valence-corrected chi connectivity index (χ0v) is 18.8. The van der Waals surface area contributed by atoms with Crippen LogP contribution in [-0.4, -0.2) is 66.2 Å². The lowest BCUT2D eigenvalue weighted by Gasteiger charge is -2.26. The number of carbonyl (C=O) groups excluding carboxylic acids is 1. The smallest absolute Gasteiger partial charge is 0.410 e. The summed E-state index contributed by atoms with van der Waals surface area (Å²) >= 11 is 1.66. The van der Waals surface area contributed by atoms with Gasteiger partial charge in [0.05, 0.1) is 17.2 Å². The fraction of sp³-hybridized carbons (Fsp3) is 0.737. The van der Waals surface area contributed by atoms with E-state index in [-0.39, 0.29) is 12.0 Å². The van der Waals surface area contributed by atoms with Crippen molar-refractivity contribution in [2.24, 2.45) is 10.9 Å². The summed E-state index contributed by atoms with van der Waals surface area (Å²) in [6.07, 6.45) is -0.304. The van der Waals surface area contributed by atoms with Crippen LogP contribution < -0.4 is 5.32 Å². The van der Waals surface area contributed by atoms with E-state index in [1.807, 2.05) is 34.7 Å². The van der Waals surface area contributed by atoms with E-state index in [9.17, 15) is 4.79 Å². The van der Waals surface area contributed by atoms with Gasteiger partial charge in [-0.25, -0.2) is 9.78 Å². The van der Waals surface area contributed by atoms with Crippen molar-refractivity contribution < 1.29 is 9.53 Å². The van der Waals surface area contributed by atoms with E-state index in [1.54, 1.807) is 23.3 Å². The minimum Gasteiger partial charge on any atom is -0.444 e. The van der Waals surface area contributed by atoms with Crippen LogP contribution in [0.15, 0.2) is 10.4 Å². The van der Waals surface area contributed by atoms with Crippen molar-refractivity contribution >= 4 is 23.4 Å². The van der Waals surface area contributed by atoms with E-state index in [0.717, 1.165) is 23.2 Å². The standard InChI is InChI=1S/C19H35N5O2S/c1-9-20-17(23(7)12-16-13-27-15(3)22-16)21-10-14(2)11-24(8)18(25)26-19(4,5)6/h13-14H,9-12H2,1-8H3,(H,20,21).